The van der Waals surface area contributed by atoms with Crippen molar-refractivity contribution >= 4 is 31.7 Å². The fourth-order valence-electron chi connectivity index (χ4n) is 4.14. The van der Waals surface area contributed by atoms with Crippen molar-refractivity contribution in [3.05, 3.63) is 30.1 Å². The first-order chi connectivity index (χ1) is 13.7. The average molecular weight is 486 g/mol. The van der Waals surface area contributed by atoms with Gasteiger partial charge in [-0.2, -0.15) is 0 Å². The van der Waals surface area contributed by atoms with E-state index in [9.17, 15) is 17.6 Å². The predicted molar refractivity (Wildman–Crippen MR) is 114 cm³/mol. The van der Waals surface area contributed by atoms with Crippen molar-refractivity contribution in [3.63, 3.8) is 0 Å². The van der Waals surface area contributed by atoms with Gasteiger partial charge in [-0.05, 0) is 0 Å². The molecule has 1 heterocycles. The molecule has 3 rings (SSSR count). The van der Waals surface area contributed by atoms with Gasteiger partial charge in [0.05, 0.1) is 0 Å². The van der Waals surface area contributed by atoms with Gasteiger partial charge in [-0.3, -0.25) is 0 Å². The summed E-state index contributed by atoms with van der Waals surface area (Å²) in [7, 11) is -3.74. The summed E-state index contributed by atoms with van der Waals surface area (Å²) in [5.41, 5.74) is 2.18. The van der Waals surface area contributed by atoms with E-state index >= 15 is 0 Å². The average Bonchev–Trinajstić information content (AvgIpc) is 3.51. The van der Waals surface area contributed by atoms with Gasteiger partial charge in [0.2, 0.25) is 0 Å². The SMILES string of the molecule is C[AsH][C@@H](CC(C)C)C(=O)N1CCC(N(C2CC2)S(=O)(=O)c2cccc(F)c2)CC1. The molecule has 2 atom stereocenters. The first-order valence-electron chi connectivity index (χ1n) is 10.5. The minimum atomic E-state index is -3.74. The molecule has 1 aliphatic heterocycles. The first kappa shape index (κ1) is 22.8. The van der Waals surface area contributed by atoms with E-state index in [4.69, 9.17) is 0 Å². The van der Waals surface area contributed by atoms with Crippen molar-refractivity contribution in [1.29, 1.82) is 0 Å². The van der Waals surface area contributed by atoms with Gasteiger partial charge in [0.15, 0.2) is 0 Å². The summed E-state index contributed by atoms with van der Waals surface area (Å²) in [5, 5.41) is 0. The van der Waals surface area contributed by atoms with Crippen molar-refractivity contribution in [3.8, 4) is 0 Å². The third-order valence-corrected chi connectivity index (χ3v) is 10.2. The van der Waals surface area contributed by atoms with Crippen LogP contribution < -0.4 is 0 Å². The Labute approximate surface area is 180 Å². The summed E-state index contributed by atoms with van der Waals surface area (Å²) in [6, 6.07) is 5.15. The Morgan fingerprint density at radius 2 is 1.83 bits per heavy atom. The topological polar surface area (TPSA) is 57.7 Å². The van der Waals surface area contributed by atoms with Crippen LogP contribution in [-0.2, 0) is 14.8 Å². The summed E-state index contributed by atoms with van der Waals surface area (Å²) >= 11 is -0.307. The van der Waals surface area contributed by atoms with Gasteiger partial charge in [0.25, 0.3) is 0 Å². The number of benzene rings is 1. The van der Waals surface area contributed by atoms with Crippen LogP contribution in [0.5, 0.6) is 0 Å². The molecule has 1 aromatic carbocycles. The summed E-state index contributed by atoms with van der Waals surface area (Å²) in [6.07, 6.45) is 3.94. The standard InChI is InChI=1S/C21H32AsFN2O3S/c1-15(2)13-20(22-3)21(26)24-11-9-18(10-12-24)25(17-7-8-17)29(27,28)19-6-4-5-16(23)14-19/h4-6,14-15,17-18,20,22H,7-13H2,1-3H3/t20-/m0/s1. The van der Waals surface area contributed by atoms with Gasteiger partial charge in [0, 0.05) is 0 Å². The molecule has 2 aliphatic rings. The zero-order valence-electron chi connectivity index (χ0n) is 17.5. The number of sulfonamides is 1. The fraction of sp³-hybridized carbons (Fsp3) is 0.667. The molecule has 1 unspecified atom stereocenters. The summed E-state index contributed by atoms with van der Waals surface area (Å²) in [4.78, 5) is 14.9. The number of piperidine rings is 1. The number of carbonyl (C=O) groups is 1. The second-order valence-corrected chi connectivity index (χ2v) is 13.1. The van der Waals surface area contributed by atoms with Crippen LogP contribution in [0.25, 0.3) is 0 Å². The molecule has 162 valence electrons. The Morgan fingerprint density at radius 1 is 1.21 bits per heavy atom. The second-order valence-electron chi connectivity index (χ2n) is 8.55. The van der Waals surface area contributed by atoms with Gasteiger partial charge < -0.3 is 0 Å². The van der Waals surface area contributed by atoms with Crippen molar-refractivity contribution in [2.75, 3.05) is 13.1 Å². The molecule has 1 amide bonds. The first-order valence-corrected chi connectivity index (χ1v) is 15.2. The van der Waals surface area contributed by atoms with Crippen LogP contribution in [0, 0.1) is 11.7 Å². The summed E-state index contributed by atoms with van der Waals surface area (Å²) in [6.45, 7) is 5.51. The van der Waals surface area contributed by atoms with E-state index in [1.165, 1.54) is 18.2 Å². The Kier molecular flexibility index (Phi) is 7.45. The van der Waals surface area contributed by atoms with Crippen molar-refractivity contribution < 1.29 is 17.6 Å². The molecule has 29 heavy (non-hydrogen) atoms. The fourth-order valence-corrected chi connectivity index (χ4v) is 8.49. The zero-order chi connectivity index (χ0) is 21.2. The van der Waals surface area contributed by atoms with E-state index in [2.05, 4.69) is 19.6 Å². The molecular weight excluding hydrogens is 454 g/mol. The van der Waals surface area contributed by atoms with Gasteiger partial charge in [-0.15, -0.1) is 0 Å². The molecule has 0 spiro atoms. The molecule has 1 aromatic rings. The molecule has 0 radical (unpaired) electrons. The van der Waals surface area contributed by atoms with Crippen LogP contribution in [0.15, 0.2) is 29.2 Å². The molecule has 0 bridgehead atoms. The Bertz CT molecular complexity index is 821. The number of rotatable bonds is 8. The molecular formula is C21H32AsFN2O3S. The van der Waals surface area contributed by atoms with Crippen LogP contribution >= 0.6 is 0 Å². The van der Waals surface area contributed by atoms with Crippen LogP contribution in [-0.4, -0.2) is 64.5 Å². The normalized spacial score (nSPS) is 20.1. The number of hydrogen-bond acceptors (Lipinski definition) is 3. The predicted octanol–water partition coefficient (Wildman–Crippen LogP) is 3.29. The summed E-state index contributed by atoms with van der Waals surface area (Å²) in [5.74, 6) is 0.222. The molecule has 0 N–H and O–H groups in total. The van der Waals surface area contributed by atoms with E-state index in [0.717, 1.165) is 25.3 Å². The maximum absolute atomic E-state index is 13.6. The number of likely N-dealkylation sites (tertiary alicyclic amines) is 1. The maximum atomic E-state index is 13.6. The Hall–Kier alpha value is -0.912. The van der Waals surface area contributed by atoms with E-state index in [1.807, 2.05) is 4.90 Å². The van der Waals surface area contributed by atoms with E-state index < -0.39 is 15.8 Å². The molecule has 2 fully saturated rings. The molecule has 1 saturated carbocycles. The van der Waals surface area contributed by atoms with Gasteiger partial charge in [-0.25, -0.2) is 0 Å². The quantitative estimate of drug-likeness (QED) is 0.530. The van der Waals surface area contributed by atoms with E-state index in [0.29, 0.717) is 31.8 Å². The summed E-state index contributed by atoms with van der Waals surface area (Å²) < 4.78 is 41.9. The monoisotopic (exact) mass is 486 g/mol. The minimum absolute atomic E-state index is 0.00603. The molecule has 8 heteroatoms. The molecule has 5 nitrogen and oxygen atoms in total. The number of carbonyl (C=O) groups excluding carboxylic acids is 1. The molecule has 0 aromatic heterocycles. The van der Waals surface area contributed by atoms with Crippen LogP contribution in [0.4, 0.5) is 4.39 Å². The van der Waals surface area contributed by atoms with Crippen LogP contribution in [0.2, 0.25) is 10.4 Å². The third kappa shape index (κ3) is 5.42. The van der Waals surface area contributed by atoms with E-state index in [-0.39, 0.29) is 43.3 Å². The number of halogens is 1. The molecule has 1 aliphatic carbocycles. The van der Waals surface area contributed by atoms with Gasteiger partial charge in [0.1, 0.15) is 0 Å². The Balaban J connectivity index is 1.70. The van der Waals surface area contributed by atoms with Crippen molar-refractivity contribution in [2.24, 2.45) is 5.92 Å². The van der Waals surface area contributed by atoms with Gasteiger partial charge >= 0.3 is 181 Å². The second kappa shape index (κ2) is 9.48. The van der Waals surface area contributed by atoms with Crippen LogP contribution in [0.1, 0.15) is 46.0 Å². The van der Waals surface area contributed by atoms with Crippen molar-refractivity contribution in [1.82, 2.24) is 9.21 Å². The number of amides is 1. The Morgan fingerprint density at radius 3 is 2.34 bits per heavy atom. The van der Waals surface area contributed by atoms with E-state index in [1.54, 1.807) is 4.31 Å². The number of nitrogens with zero attached hydrogens (tertiary/aromatic N) is 2. The van der Waals surface area contributed by atoms with Gasteiger partial charge in [-0.1, -0.05) is 0 Å². The number of hydrogen-bond donors (Lipinski definition) is 0. The molecule has 1 saturated heterocycles. The third-order valence-electron chi connectivity index (χ3n) is 5.77. The van der Waals surface area contributed by atoms with Crippen molar-refractivity contribution in [2.45, 2.75) is 73.3 Å². The zero-order valence-corrected chi connectivity index (χ0v) is 20.4. The van der Waals surface area contributed by atoms with Crippen LogP contribution in [0.3, 0.4) is 0 Å².